The van der Waals surface area contributed by atoms with Crippen LogP contribution in [0.5, 0.6) is 0 Å². The monoisotopic (exact) mass is 218 g/mol. The lowest BCUT2D eigenvalue weighted by Crippen LogP contribution is -2.43. The Balaban J connectivity index is 3.56. The van der Waals surface area contributed by atoms with Crippen molar-refractivity contribution in [1.29, 1.82) is 0 Å². The second-order valence-corrected chi connectivity index (χ2v) is 3.72. The summed E-state index contributed by atoms with van der Waals surface area (Å²) >= 11 is 0. The minimum atomic E-state index is -0.0515. The Morgan fingerprint density at radius 1 is 1.40 bits per heavy atom. The first-order valence-corrected chi connectivity index (χ1v) is 5.22. The van der Waals surface area contributed by atoms with Gasteiger partial charge >= 0.3 is 0 Å². The van der Waals surface area contributed by atoms with Crippen molar-refractivity contribution in [2.75, 3.05) is 26.9 Å². The number of amides is 1. The highest BCUT2D eigenvalue weighted by Gasteiger charge is 2.08. The first-order chi connectivity index (χ1) is 7.10. The van der Waals surface area contributed by atoms with Gasteiger partial charge in [0, 0.05) is 25.8 Å². The lowest BCUT2D eigenvalue weighted by Gasteiger charge is -2.15. The first-order valence-electron chi connectivity index (χ1n) is 5.22. The number of rotatable bonds is 8. The molecule has 15 heavy (non-hydrogen) atoms. The number of carbonyl (C=O) groups excluding carboxylic acids is 1. The van der Waals surface area contributed by atoms with Gasteiger partial charge in [0.1, 0.15) is 0 Å². The first kappa shape index (κ1) is 14.3. The molecule has 90 valence electrons. The van der Waals surface area contributed by atoms with E-state index in [1.54, 1.807) is 7.11 Å². The zero-order valence-corrected chi connectivity index (χ0v) is 9.75. The summed E-state index contributed by atoms with van der Waals surface area (Å²) in [6.07, 6.45) is 0.654. The van der Waals surface area contributed by atoms with Crippen molar-refractivity contribution >= 4 is 5.91 Å². The maximum absolute atomic E-state index is 11.3. The highest BCUT2D eigenvalue weighted by atomic mass is 16.5. The Bertz CT molecular complexity index is 176. The molecule has 0 spiro atoms. The second-order valence-electron chi connectivity index (χ2n) is 3.72. The molecule has 0 saturated carbocycles. The molecule has 0 aromatic heterocycles. The van der Waals surface area contributed by atoms with E-state index >= 15 is 0 Å². The number of hydrogen-bond donors (Lipinski definition) is 3. The van der Waals surface area contributed by atoms with E-state index in [0.29, 0.717) is 13.0 Å². The summed E-state index contributed by atoms with van der Waals surface area (Å²) in [5.41, 5.74) is 0. The molecular formula is C10H22N2O3. The van der Waals surface area contributed by atoms with E-state index in [1.807, 2.05) is 13.8 Å². The summed E-state index contributed by atoms with van der Waals surface area (Å²) < 4.78 is 4.90. The van der Waals surface area contributed by atoms with E-state index in [-0.39, 0.29) is 31.1 Å². The third-order valence-corrected chi connectivity index (χ3v) is 2.00. The van der Waals surface area contributed by atoms with E-state index in [4.69, 9.17) is 9.84 Å². The summed E-state index contributed by atoms with van der Waals surface area (Å²) in [7, 11) is 1.60. The van der Waals surface area contributed by atoms with Crippen LogP contribution in [0.2, 0.25) is 0 Å². The SMILES string of the molecule is COCC(C)NC(=O)CNC(C)CCO. The molecule has 5 heteroatoms. The summed E-state index contributed by atoms with van der Waals surface area (Å²) in [5, 5.41) is 14.5. The fourth-order valence-corrected chi connectivity index (χ4v) is 1.18. The molecular weight excluding hydrogens is 196 g/mol. The van der Waals surface area contributed by atoms with E-state index in [2.05, 4.69) is 10.6 Å². The van der Waals surface area contributed by atoms with Crippen molar-refractivity contribution in [2.24, 2.45) is 0 Å². The molecule has 0 fully saturated rings. The van der Waals surface area contributed by atoms with Crippen molar-refractivity contribution < 1.29 is 14.6 Å². The zero-order chi connectivity index (χ0) is 11.7. The molecule has 0 aliphatic heterocycles. The molecule has 2 unspecified atom stereocenters. The average molecular weight is 218 g/mol. The standard InChI is InChI=1S/C10H22N2O3/c1-8(4-5-13)11-6-10(14)12-9(2)7-15-3/h8-9,11,13H,4-7H2,1-3H3,(H,12,14). The number of ether oxygens (including phenoxy) is 1. The Morgan fingerprint density at radius 2 is 2.07 bits per heavy atom. The highest BCUT2D eigenvalue weighted by molar-refractivity contribution is 5.78. The average Bonchev–Trinajstić information content (AvgIpc) is 2.15. The van der Waals surface area contributed by atoms with Crippen LogP contribution in [0.25, 0.3) is 0 Å². The quantitative estimate of drug-likeness (QED) is 0.513. The number of carbonyl (C=O) groups is 1. The van der Waals surface area contributed by atoms with Gasteiger partial charge in [0.05, 0.1) is 13.2 Å². The van der Waals surface area contributed by atoms with Crippen LogP contribution in [-0.4, -0.2) is 50.0 Å². The molecule has 0 radical (unpaired) electrons. The van der Waals surface area contributed by atoms with Gasteiger partial charge in [-0.25, -0.2) is 0 Å². The molecule has 1 amide bonds. The van der Waals surface area contributed by atoms with Crippen LogP contribution in [0.15, 0.2) is 0 Å². The van der Waals surface area contributed by atoms with Crippen molar-refractivity contribution in [3.05, 3.63) is 0 Å². The highest BCUT2D eigenvalue weighted by Crippen LogP contribution is 1.87. The predicted molar refractivity (Wildman–Crippen MR) is 58.6 cm³/mol. The number of aliphatic hydroxyl groups excluding tert-OH is 1. The maximum Gasteiger partial charge on any atom is 0.234 e. The molecule has 0 aromatic carbocycles. The number of methoxy groups -OCH3 is 1. The minimum Gasteiger partial charge on any atom is -0.396 e. The van der Waals surface area contributed by atoms with Crippen LogP contribution in [0.1, 0.15) is 20.3 Å². The van der Waals surface area contributed by atoms with Crippen LogP contribution in [0, 0.1) is 0 Å². The van der Waals surface area contributed by atoms with Gasteiger partial charge in [-0.3, -0.25) is 4.79 Å². The van der Waals surface area contributed by atoms with Gasteiger partial charge in [-0.05, 0) is 20.3 Å². The van der Waals surface area contributed by atoms with Gasteiger partial charge < -0.3 is 20.5 Å². The van der Waals surface area contributed by atoms with Gasteiger partial charge in [-0.1, -0.05) is 0 Å². The van der Waals surface area contributed by atoms with E-state index in [0.717, 1.165) is 0 Å². The lowest BCUT2D eigenvalue weighted by atomic mass is 10.2. The van der Waals surface area contributed by atoms with Crippen LogP contribution >= 0.6 is 0 Å². The maximum atomic E-state index is 11.3. The topological polar surface area (TPSA) is 70.6 Å². The fourth-order valence-electron chi connectivity index (χ4n) is 1.18. The normalized spacial score (nSPS) is 14.7. The molecule has 0 bridgehead atoms. The van der Waals surface area contributed by atoms with E-state index in [9.17, 15) is 4.79 Å². The van der Waals surface area contributed by atoms with Crippen molar-refractivity contribution in [2.45, 2.75) is 32.4 Å². The van der Waals surface area contributed by atoms with Crippen LogP contribution < -0.4 is 10.6 Å². The zero-order valence-electron chi connectivity index (χ0n) is 9.75. The van der Waals surface area contributed by atoms with E-state index in [1.165, 1.54) is 0 Å². The third kappa shape index (κ3) is 8.35. The van der Waals surface area contributed by atoms with Gasteiger partial charge in [0.2, 0.25) is 5.91 Å². The largest absolute Gasteiger partial charge is 0.396 e. The van der Waals surface area contributed by atoms with Gasteiger partial charge in [0.15, 0.2) is 0 Å². The predicted octanol–water partition coefficient (Wildman–Crippen LogP) is -0.502. The lowest BCUT2D eigenvalue weighted by molar-refractivity contribution is -0.121. The number of aliphatic hydroxyl groups is 1. The molecule has 0 aliphatic rings. The third-order valence-electron chi connectivity index (χ3n) is 2.00. The van der Waals surface area contributed by atoms with Crippen molar-refractivity contribution in [1.82, 2.24) is 10.6 Å². The Hall–Kier alpha value is -0.650. The van der Waals surface area contributed by atoms with E-state index < -0.39 is 0 Å². The molecule has 2 atom stereocenters. The minimum absolute atomic E-state index is 0.0254. The Kier molecular flexibility index (Phi) is 8.27. The summed E-state index contributed by atoms with van der Waals surface area (Å²) in [6, 6.07) is 0.177. The fraction of sp³-hybridized carbons (Fsp3) is 0.900. The molecule has 0 rings (SSSR count). The summed E-state index contributed by atoms with van der Waals surface area (Å²) in [5.74, 6) is -0.0515. The van der Waals surface area contributed by atoms with Gasteiger partial charge in [-0.15, -0.1) is 0 Å². The van der Waals surface area contributed by atoms with Crippen molar-refractivity contribution in [3.63, 3.8) is 0 Å². The van der Waals surface area contributed by atoms with Crippen molar-refractivity contribution in [3.8, 4) is 0 Å². The molecule has 0 heterocycles. The molecule has 3 N–H and O–H groups in total. The summed E-state index contributed by atoms with van der Waals surface area (Å²) in [4.78, 5) is 11.3. The molecule has 0 aromatic rings. The molecule has 5 nitrogen and oxygen atoms in total. The van der Waals surface area contributed by atoms with Crippen LogP contribution in [0.3, 0.4) is 0 Å². The molecule has 0 aliphatic carbocycles. The number of nitrogens with one attached hydrogen (secondary N) is 2. The smallest absolute Gasteiger partial charge is 0.234 e. The summed E-state index contributed by atoms with van der Waals surface area (Å²) in [6.45, 7) is 4.74. The number of hydrogen-bond acceptors (Lipinski definition) is 4. The molecule has 0 saturated heterocycles. The second kappa shape index (κ2) is 8.64. The van der Waals surface area contributed by atoms with Crippen LogP contribution in [-0.2, 0) is 9.53 Å². The Labute approximate surface area is 91.2 Å². The van der Waals surface area contributed by atoms with Gasteiger partial charge in [-0.2, -0.15) is 0 Å². The van der Waals surface area contributed by atoms with Gasteiger partial charge in [0.25, 0.3) is 0 Å². The Morgan fingerprint density at radius 3 is 2.60 bits per heavy atom. The van der Waals surface area contributed by atoms with Crippen LogP contribution in [0.4, 0.5) is 0 Å².